The highest BCUT2D eigenvalue weighted by Crippen LogP contribution is 2.52. The molecule has 0 N–H and O–H groups in total. The Bertz CT molecular complexity index is 705. The molecule has 2 fully saturated rings. The normalized spacial score (nSPS) is 22.6. The van der Waals surface area contributed by atoms with Crippen molar-refractivity contribution in [1.29, 1.82) is 0 Å². The monoisotopic (exact) mass is 388 g/mol. The van der Waals surface area contributed by atoms with E-state index in [1.165, 1.54) is 11.1 Å². The number of hydrogen-bond donors (Lipinski definition) is 0. The lowest BCUT2D eigenvalue weighted by atomic mass is 9.76. The molecule has 28 heavy (non-hydrogen) atoms. The molecule has 2 aliphatic heterocycles. The van der Waals surface area contributed by atoms with Crippen LogP contribution in [0.5, 0.6) is 11.5 Å². The summed E-state index contributed by atoms with van der Waals surface area (Å²) in [5.41, 5.74) is 2.36. The third-order valence-corrected chi connectivity index (χ3v) is 5.83. The number of ether oxygens (including phenoxy) is 5. The highest BCUT2D eigenvalue weighted by molar-refractivity contribution is 5.49. The molecule has 0 bridgehead atoms. The van der Waals surface area contributed by atoms with Crippen molar-refractivity contribution in [2.24, 2.45) is 0 Å². The van der Waals surface area contributed by atoms with Crippen LogP contribution in [-0.2, 0) is 14.2 Å². The van der Waals surface area contributed by atoms with E-state index in [0.29, 0.717) is 32.2 Å². The van der Waals surface area contributed by atoms with Crippen molar-refractivity contribution in [3.05, 3.63) is 35.3 Å². The summed E-state index contributed by atoms with van der Waals surface area (Å²) in [6.07, 6.45) is 6.87. The van der Waals surface area contributed by atoms with Gasteiger partial charge >= 0.3 is 0 Å². The van der Waals surface area contributed by atoms with Crippen molar-refractivity contribution in [3.8, 4) is 11.5 Å². The number of rotatable bonds is 8. The van der Waals surface area contributed by atoms with E-state index >= 15 is 0 Å². The summed E-state index contributed by atoms with van der Waals surface area (Å²) >= 11 is 0. The topological polar surface area (TPSA) is 46.2 Å². The van der Waals surface area contributed by atoms with Crippen LogP contribution in [0.4, 0.5) is 0 Å². The highest BCUT2D eigenvalue weighted by Gasteiger charge is 2.47. The van der Waals surface area contributed by atoms with Crippen molar-refractivity contribution in [2.45, 2.75) is 70.5 Å². The Morgan fingerprint density at radius 2 is 1.79 bits per heavy atom. The molecule has 0 radical (unpaired) electrons. The second-order valence-electron chi connectivity index (χ2n) is 7.89. The van der Waals surface area contributed by atoms with Crippen LogP contribution in [-0.4, -0.2) is 32.2 Å². The maximum atomic E-state index is 6.22. The minimum Gasteiger partial charge on any atom is -0.494 e. The fraction of sp³-hybridized carbons (Fsp3) is 0.652. The minimum absolute atomic E-state index is 0.272. The first-order chi connectivity index (χ1) is 13.7. The first-order valence-electron chi connectivity index (χ1n) is 10.8. The fourth-order valence-electron chi connectivity index (χ4n) is 4.25. The summed E-state index contributed by atoms with van der Waals surface area (Å²) < 4.78 is 30.2. The third kappa shape index (κ3) is 4.01. The van der Waals surface area contributed by atoms with Gasteiger partial charge in [0.15, 0.2) is 5.79 Å². The lowest BCUT2D eigenvalue weighted by Gasteiger charge is -2.40. The predicted octanol–water partition coefficient (Wildman–Crippen LogP) is 5.30. The molecule has 3 aliphatic rings. The quantitative estimate of drug-likeness (QED) is 0.566. The maximum Gasteiger partial charge on any atom is 0.284 e. The zero-order chi connectivity index (χ0) is 19.4. The van der Waals surface area contributed by atoms with E-state index in [-0.39, 0.29) is 5.92 Å². The molecule has 154 valence electrons. The van der Waals surface area contributed by atoms with Crippen LogP contribution in [0.25, 0.3) is 0 Å². The Labute approximate surface area is 167 Å². The van der Waals surface area contributed by atoms with Gasteiger partial charge in [-0.2, -0.15) is 0 Å². The molecule has 5 heteroatoms. The van der Waals surface area contributed by atoms with Crippen LogP contribution >= 0.6 is 0 Å². The SMILES string of the molecule is CCCCOC1=C2CC3(CC[C@@H]2c2cc(OCCCC)ccc2O1)OCCO3. The Hall–Kier alpha value is -1.72. The first kappa shape index (κ1) is 19.6. The average molecular weight is 389 g/mol. The highest BCUT2D eigenvalue weighted by atomic mass is 16.7. The van der Waals surface area contributed by atoms with Gasteiger partial charge in [-0.3, -0.25) is 0 Å². The Morgan fingerprint density at radius 3 is 2.54 bits per heavy atom. The van der Waals surface area contributed by atoms with Gasteiger partial charge in [-0.1, -0.05) is 26.7 Å². The van der Waals surface area contributed by atoms with E-state index in [0.717, 1.165) is 56.6 Å². The smallest absolute Gasteiger partial charge is 0.284 e. The second kappa shape index (κ2) is 8.75. The van der Waals surface area contributed by atoms with Crippen LogP contribution < -0.4 is 9.47 Å². The summed E-state index contributed by atoms with van der Waals surface area (Å²) in [6, 6.07) is 6.16. The Kier molecular flexibility index (Phi) is 6.12. The van der Waals surface area contributed by atoms with Crippen LogP contribution in [0, 0.1) is 0 Å². The fourth-order valence-corrected chi connectivity index (χ4v) is 4.25. The second-order valence-corrected chi connectivity index (χ2v) is 7.89. The van der Waals surface area contributed by atoms with E-state index in [1.807, 2.05) is 12.1 Å². The molecule has 0 amide bonds. The summed E-state index contributed by atoms with van der Waals surface area (Å²) in [5.74, 6) is 2.23. The van der Waals surface area contributed by atoms with Crippen molar-refractivity contribution in [3.63, 3.8) is 0 Å². The van der Waals surface area contributed by atoms with Gasteiger partial charge < -0.3 is 23.7 Å². The molecule has 1 saturated carbocycles. The van der Waals surface area contributed by atoms with Crippen molar-refractivity contribution < 1.29 is 23.7 Å². The maximum absolute atomic E-state index is 6.22. The van der Waals surface area contributed by atoms with Gasteiger partial charge in [0, 0.05) is 29.9 Å². The molecular weight excluding hydrogens is 356 g/mol. The molecule has 0 unspecified atom stereocenters. The van der Waals surface area contributed by atoms with Gasteiger partial charge in [-0.15, -0.1) is 0 Å². The molecule has 1 aliphatic carbocycles. The molecule has 0 aromatic heterocycles. The summed E-state index contributed by atoms with van der Waals surface area (Å²) in [5, 5.41) is 0. The molecule has 1 aromatic carbocycles. The van der Waals surface area contributed by atoms with Crippen LogP contribution in [0.15, 0.2) is 29.7 Å². The van der Waals surface area contributed by atoms with Crippen LogP contribution in [0.3, 0.4) is 0 Å². The van der Waals surface area contributed by atoms with Crippen molar-refractivity contribution >= 4 is 0 Å². The number of benzene rings is 1. The number of hydrogen-bond acceptors (Lipinski definition) is 5. The zero-order valence-corrected chi connectivity index (χ0v) is 17.1. The molecule has 1 saturated heterocycles. The van der Waals surface area contributed by atoms with Gasteiger partial charge in [0.1, 0.15) is 11.5 Å². The lowest BCUT2D eigenvalue weighted by Crippen LogP contribution is -2.38. The lowest BCUT2D eigenvalue weighted by molar-refractivity contribution is -0.170. The average Bonchev–Trinajstić information content (AvgIpc) is 3.16. The van der Waals surface area contributed by atoms with Gasteiger partial charge in [-0.25, -0.2) is 0 Å². The molecule has 5 nitrogen and oxygen atoms in total. The number of fused-ring (bicyclic) bond motifs is 3. The number of unbranched alkanes of at least 4 members (excludes halogenated alkanes) is 2. The van der Waals surface area contributed by atoms with Gasteiger partial charge in [0.2, 0.25) is 0 Å². The van der Waals surface area contributed by atoms with E-state index in [9.17, 15) is 0 Å². The van der Waals surface area contributed by atoms with Gasteiger partial charge in [0.25, 0.3) is 5.95 Å². The van der Waals surface area contributed by atoms with Crippen LogP contribution in [0.2, 0.25) is 0 Å². The first-order valence-corrected chi connectivity index (χ1v) is 10.8. The zero-order valence-electron chi connectivity index (χ0n) is 17.1. The third-order valence-electron chi connectivity index (χ3n) is 5.83. The Balaban J connectivity index is 1.59. The van der Waals surface area contributed by atoms with E-state index < -0.39 is 5.79 Å². The summed E-state index contributed by atoms with van der Waals surface area (Å²) in [7, 11) is 0. The largest absolute Gasteiger partial charge is 0.494 e. The molecular formula is C23H32O5. The molecule has 1 spiro atoms. The van der Waals surface area contributed by atoms with E-state index in [4.69, 9.17) is 23.7 Å². The summed E-state index contributed by atoms with van der Waals surface area (Å²) in [4.78, 5) is 0. The van der Waals surface area contributed by atoms with E-state index in [2.05, 4.69) is 19.9 Å². The summed E-state index contributed by atoms with van der Waals surface area (Å²) in [6.45, 7) is 7.08. The van der Waals surface area contributed by atoms with Gasteiger partial charge in [-0.05, 0) is 37.5 Å². The standard InChI is InChI=1S/C23H32O5/c1-3-5-11-24-17-7-8-21-19(15-17)18-9-10-23(26-13-14-27-23)16-20(18)22(28-21)25-12-6-4-2/h7-8,15,18H,3-6,9-14,16H2,1-2H3/t18-/m1/s1. The molecule has 1 aromatic rings. The van der Waals surface area contributed by atoms with Crippen LogP contribution in [0.1, 0.15) is 70.3 Å². The molecule has 1 atom stereocenters. The Morgan fingerprint density at radius 1 is 1.04 bits per heavy atom. The van der Waals surface area contributed by atoms with Crippen molar-refractivity contribution in [1.82, 2.24) is 0 Å². The van der Waals surface area contributed by atoms with E-state index in [1.54, 1.807) is 0 Å². The van der Waals surface area contributed by atoms with Gasteiger partial charge in [0.05, 0.1) is 26.4 Å². The molecule has 2 heterocycles. The minimum atomic E-state index is -0.499. The molecule has 4 rings (SSSR count). The van der Waals surface area contributed by atoms with Crippen molar-refractivity contribution in [2.75, 3.05) is 26.4 Å². The predicted molar refractivity (Wildman–Crippen MR) is 107 cm³/mol.